The van der Waals surface area contributed by atoms with Gasteiger partial charge in [-0.1, -0.05) is 106 Å². The highest BCUT2D eigenvalue weighted by atomic mass is 16.3. The van der Waals surface area contributed by atoms with Crippen LogP contribution in [0.15, 0.2) is 120 Å². The Morgan fingerprint density at radius 3 is 2.11 bits per heavy atom. The van der Waals surface area contributed by atoms with Gasteiger partial charge in [0.2, 0.25) is 0 Å². The number of nitrogens with one attached hydrogen (secondary N) is 1. The molecule has 1 N–H and O–H groups in total. The number of hydrogen-bond acceptors (Lipinski definition) is 1. The molecule has 0 saturated carbocycles. The average Bonchev–Trinajstić information content (AvgIpc) is 3.73. The van der Waals surface area contributed by atoms with E-state index in [0.717, 1.165) is 17.8 Å². The lowest BCUT2D eigenvalue weighted by Gasteiger charge is -2.06. The van der Waals surface area contributed by atoms with Gasteiger partial charge in [0.1, 0.15) is 11.3 Å². The number of H-pyrrole nitrogens is 1. The van der Waals surface area contributed by atoms with Gasteiger partial charge >= 0.3 is 0 Å². The fraction of sp³-hybridized carbons (Fsp3) is 0.171. The Kier molecular flexibility index (Phi) is 9.94. The zero-order valence-electron chi connectivity index (χ0n) is 27.2. The molecule has 0 amide bonds. The molecule has 0 aliphatic heterocycles. The summed E-state index contributed by atoms with van der Waals surface area (Å²) < 4.78 is 7.95. The van der Waals surface area contributed by atoms with E-state index < -0.39 is 0 Å². The zero-order chi connectivity index (χ0) is 31.9. The summed E-state index contributed by atoms with van der Waals surface area (Å²) in [5.41, 5.74) is 9.89. The monoisotopic (exact) mass is 588 g/mol. The molecule has 5 aromatic carbocycles. The molecule has 3 aromatic heterocycles. The van der Waals surface area contributed by atoms with E-state index >= 15 is 0 Å². The molecule has 3 heterocycles. The van der Waals surface area contributed by atoms with Crippen molar-refractivity contribution in [3.8, 4) is 0 Å². The van der Waals surface area contributed by atoms with Crippen LogP contribution < -0.4 is 0 Å². The third-order valence-electron chi connectivity index (χ3n) is 8.19. The number of aromatic amines is 1. The molecule has 8 rings (SSSR count). The third-order valence-corrected chi connectivity index (χ3v) is 8.19. The quantitative estimate of drug-likeness (QED) is 0.205. The minimum Gasteiger partial charge on any atom is -0.456 e. The van der Waals surface area contributed by atoms with E-state index in [1.54, 1.807) is 0 Å². The topological polar surface area (TPSA) is 33.9 Å². The molecule has 2 radical (unpaired) electrons. The summed E-state index contributed by atoms with van der Waals surface area (Å²) >= 11 is 0. The van der Waals surface area contributed by atoms with E-state index in [1.807, 2.05) is 51.1 Å². The van der Waals surface area contributed by atoms with Crippen molar-refractivity contribution in [2.24, 2.45) is 7.05 Å². The van der Waals surface area contributed by atoms with Crippen LogP contribution in [0.1, 0.15) is 43.2 Å². The summed E-state index contributed by atoms with van der Waals surface area (Å²) in [5, 5.41) is 6.50. The Hall–Kier alpha value is -4.96. The van der Waals surface area contributed by atoms with E-state index in [4.69, 9.17) is 4.42 Å². The van der Waals surface area contributed by atoms with Crippen molar-refractivity contribution in [2.45, 2.75) is 40.9 Å². The van der Waals surface area contributed by atoms with Gasteiger partial charge in [0.15, 0.2) is 0 Å². The summed E-state index contributed by atoms with van der Waals surface area (Å²) in [4.78, 5) is 3.57. The van der Waals surface area contributed by atoms with E-state index in [0.29, 0.717) is 0 Å². The number of fused-ring (bicyclic) bond motifs is 7. The molecule has 4 heteroatoms. The maximum atomic E-state index is 5.65. The SMILES string of the molecule is C/C=C\c1oc2ccccc2c1C.CC.Cn1c2ccccc2c2c(Cc3ccc4c(c3)[nH]c3ccccc34)cccc21.[B]C. The maximum absolute atomic E-state index is 5.65. The highest BCUT2D eigenvalue weighted by molar-refractivity contribution is 6.10. The normalized spacial score (nSPS) is 11.0. The second-order valence-electron chi connectivity index (χ2n) is 10.7. The van der Waals surface area contributed by atoms with Gasteiger partial charge < -0.3 is 14.0 Å². The van der Waals surface area contributed by atoms with Gasteiger partial charge in [-0.05, 0) is 67.8 Å². The number of furan rings is 1. The molecular weight excluding hydrogens is 547 g/mol. The first-order valence-corrected chi connectivity index (χ1v) is 15.8. The fourth-order valence-electron chi connectivity index (χ4n) is 6.17. The van der Waals surface area contributed by atoms with Crippen LogP contribution in [0.5, 0.6) is 0 Å². The van der Waals surface area contributed by atoms with E-state index in [-0.39, 0.29) is 0 Å². The Labute approximate surface area is 267 Å². The molecule has 0 fully saturated rings. The molecule has 0 aliphatic rings. The minimum atomic E-state index is 0.927. The predicted molar refractivity (Wildman–Crippen MR) is 198 cm³/mol. The molecule has 8 aromatic rings. The summed E-state index contributed by atoms with van der Waals surface area (Å²) in [5.74, 6) is 0.962. The molecular formula is C41H41BN2O. The molecule has 0 spiro atoms. The second-order valence-corrected chi connectivity index (χ2v) is 10.7. The Morgan fingerprint density at radius 2 is 1.36 bits per heavy atom. The molecule has 0 atom stereocenters. The highest BCUT2D eigenvalue weighted by Gasteiger charge is 2.12. The number of allylic oxidation sites excluding steroid dienone is 1. The Morgan fingerprint density at radius 1 is 0.711 bits per heavy atom. The van der Waals surface area contributed by atoms with Gasteiger partial charge in [-0.3, -0.25) is 0 Å². The van der Waals surface area contributed by atoms with Crippen LogP contribution in [0, 0.1) is 6.92 Å². The lowest BCUT2D eigenvalue weighted by Crippen LogP contribution is -1.91. The number of hydrogen-bond donors (Lipinski definition) is 1. The van der Waals surface area contributed by atoms with Crippen molar-refractivity contribution in [3.05, 3.63) is 138 Å². The molecule has 0 saturated heterocycles. The molecule has 0 aliphatic carbocycles. The zero-order valence-corrected chi connectivity index (χ0v) is 27.2. The molecule has 3 nitrogen and oxygen atoms in total. The maximum Gasteiger partial charge on any atom is 0.135 e. The largest absolute Gasteiger partial charge is 0.456 e. The molecule has 0 unspecified atom stereocenters. The fourth-order valence-corrected chi connectivity index (χ4v) is 6.17. The van der Waals surface area contributed by atoms with Crippen molar-refractivity contribution >= 4 is 68.5 Å². The predicted octanol–water partition coefficient (Wildman–Crippen LogP) is 11.6. The molecule has 45 heavy (non-hydrogen) atoms. The lowest BCUT2D eigenvalue weighted by atomic mass is 9.98. The first kappa shape index (κ1) is 31.5. The standard InChI is InChI=1S/C26H20N2.C12H12O.C2H6.CH3B/c1-28-24-11-5-3-9-21(24)26-18(7-6-12-25(26)28)15-17-13-14-20-19-8-2-4-10-22(19)27-23(20)16-17;1-3-6-11-9(2)10-7-4-5-8-12(10)13-11;2*1-2/h2-14,16,27H,15H2,1H3;3-8H,1-2H3;1-2H3;1H3/b;6-3-;;. The number of aryl methyl sites for hydroxylation is 2. The van der Waals surface area contributed by atoms with Crippen LogP contribution in [0.4, 0.5) is 0 Å². The van der Waals surface area contributed by atoms with Crippen molar-refractivity contribution < 1.29 is 4.42 Å². The number of nitrogens with zero attached hydrogens (tertiary/aromatic N) is 1. The van der Waals surface area contributed by atoms with Crippen LogP contribution in [0.2, 0.25) is 6.82 Å². The highest BCUT2D eigenvalue weighted by Crippen LogP contribution is 2.33. The van der Waals surface area contributed by atoms with Crippen LogP contribution in [0.3, 0.4) is 0 Å². The summed E-state index contributed by atoms with van der Waals surface area (Å²) in [6.45, 7) is 9.58. The van der Waals surface area contributed by atoms with Gasteiger partial charge in [-0.15, -0.1) is 0 Å². The van der Waals surface area contributed by atoms with Crippen LogP contribution in [-0.2, 0) is 13.5 Å². The van der Waals surface area contributed by atoms with Gasteiger partial charge in [0.05, 0.1) is 7.85 Å². The number of aromatic nitrogens is 2. The smallest absolute Gasteiger partial charge is 0.135 e. The van der Waals surface area contributed by atoms with Crippen LogP contribution in [-0.4, -0.2) is 17.4 Å². The number of rotatable bonds is 3. The van der Waals surface area contributed by atoms with Crippen molar-refractivity contribution in [2.75, 3.05) is 0 Å². The van der Waals surface area contributed by atoms with Crippen molar-refractivity contribution in [1.29, 1.82) is 0 Å². The van der Waals surface area contributed by atoms with E-state index in [1.165, 1.54) is 72.5 Å². The van der Waals surface area contributed by atoms with Crippen LogP contribution >= 0.6 is 0 Å². The first-order valence-electron chi connectivity index (χ1n) is 15.8. The van der Waals surface area contributed by atoms with Crippen molar-refractivity contribution in [3.63, 3.8) is 0 Å². The van der Waals surface area contributed by atoms with Gasteiger partial charge in [-0.2, -0.15) is 0 Å². The Balaban J connectivity index is 0.000000198. The van der Waals surface area contributed by atoms with Crippen molar-refractivity contribution in [1.82, 2.24) is 9.55 Å². The second kappa shape index (κ2) is 14.2. The van der Waals surface area contributed by atoms with Gasteiger partial charge in [0.25, 0.3) is 0 Å². The minimum absolute atomic E-state index is 0.927. The lowest BCUT2D eigenvalue weighted by molar-refractivity contribution is 0.601. The van der Waals surface area contributed by atoms with Gasteiger partial charge in [-0.25, -0.2) is 0 Å². The third kappa shape index (κ3) is 6.06. The summed E-state index contributed by atoms with van der Waals surface area (Å²) in [6, 6.07) is 38.8. The average molecular weight is 589 g/mol. The summed E-state index contributed by atoms with van der Waals surface area (Å²) in [6.07, 6.45) is 4.91. The number of para-hydroxylation sites is 3. The van der Waals surface area contributed by atoms with E-state index in [2.05, 4.69) is 122 Å². The Bertz CT molecular complexity index is 2230. The molecule has 224 valence electrons. The van der Waals surface area contributed by atoms with Gasteiger partial charge in [0, 0.05) is 61.6 Å². The summed E-state index contributed by atoms with van der Waals surface area (Å²) in [7, 11) is 6.66. The first-order chi connectivity index (χ1) is 22.1. The molecule has 0 bridgehead atoms. The van der Waals surface area contributed by atoms with E-state index in [9.17, 15) is 0 Å². The van der Waals surface area contributed by atoms with Crippen LogP contribution in [0.25, 0.3) is 60.7 Å². The number of benzene rings is 5.